The Morgan fingerprint density at radius 1 is 1.55 bits per heavy atom. The Morgan fingerprint density at radius 2 is 2.15 bits per heavy atom. The molecule has 1 aromatic heterocycles. The molecule has 1 amide bonds. The lowest BCUT2D eigenvalue weighted by atomic mass is 10.2. The SMILES string of the molecule is CNC(=O)c1sc(N(C)CCC(F)(F)F)c(C#N)c1N. The van der Waals surface area contributed by atoms with Crippen molar-refractivity contribution in [3.8, 4) is 6.07 Å². The highest BCUT2D eigenvalue weighted by Crippen LogP contribution is 2.37. The summed E-state index contributed by atoms with van der Waals surface area (Å²) >= 11 is 0.901. The zero-order valence-electron chi connectivity index (χ0n) is 10.8. The second kappa shape index (κ2) is 6.00. The molecule has 5 nitrogen and oxygen atoms in total. The lowest BCUT2D eigenvalue weighted by Crippen LogP contribution is -2.23. The Kier molecular flexibility index (Phi) is 4.83. The molecule has 110 valence electrons. The molecule has 9 heteroatoms. The Bertz CT molecular complexity index is 547. The fourth-order valence-corrected chi connectivity index (χ4v) is 2.59. The summed E-state index contributed by atoms with van der Waals surface area (Å²) < 4.78 is 36.6. The monoisotopic (exact) mass is 306 g/mol. The summed E-state index contributed by atoms with van der Waals surface area (Å²) in [5.74, 6) is -0.473. The highest BCUT2D eigenvalue weighted by atomic mass is 32.1. The average molecular weight is 306 g/mol. The number of nitrogen functional groups attached to an aromatic ring is 1. The molecule has 0 bridgehead atoms. The van der Waals surface area contributed by atoms with Crippen molar-refractivity contribution in [3.63, 3.8) is 0 Å². The van der Waals surface area contributed by atoms with Crippen LogP contribution in [0.1, 0.15) is 21.7 Å². The van der Waals surface area contributed by atoms with E-state index in [0.717, 1.165) is 11.3 Å². The number of halogens is 3. The van der Waals surface area contributed by atoms with Crippen LogP contribution in [0, 0.1) is 11.3 Å². The number of carbonyl (C=O) groups is 1. The molecule has 0 aliphatic heterocycles. The Labute approximate surface area is 117 Å². The van der Waals surface area contributed by atoms with Crippen molar-refractivity contribution in [1.29, 1.82) is 5.26 Å². The molecular formula is C11H13F3N4OS. The van der Waals surface area contributed by atoms with Crippen LogP contribution in [0.4, 0.5) is 23.9 Å². The predicted molar refractivity (Wildman–Crippen MR) is 70.8 cm³/mol. The number of hydrogen-bond acceptors (Lipinski definition) is 5. The molecule has 3 N–H and O–H groups in total. The molecule has 0 radical (unpaired) electrons. The molecule has 0 atom stereocenters. The standard InChI is InChI=1S/C11H13F3N4OS/c1-17-9(19)8-7(16)6(5-15)10(20-8)18(2)4-3-11(12,13)14/h3-4,16H2,1-2H3,(H,17,19). The van der Waals surface area contributed by atoms with Gasteiger partial charge in [-0.3, -0.25) is 4.79 Å². The van der Waals surface area contributed by atoms with Gasteiger partial charge in [0.05, 0.1) is 12.1 Å². The fourth-order valence-electron chi connectivity index (χ4n) is 1.49. The van der Waals surface area contributed by atoms with E-state index in [1.807, 2.05) is 6.07 Å². The molecule has 1 rings (SSSR count). The molecule has 0 aliphatic carbocycles. The van der Waals surface area contributed by atoms with Crippen LogP contribution >= 0.6 is 11.3 Å². The smallest absolute Gasteiger partial charge is 0.390 e. The van der Waals surface area contributed by atoms with Gasteiger partial charge in [0.2, 0.25) is 0 Å². The van der Waals surface area contributed by atoms with Gasteiger partial charge in [-0.1, -0.05) is 0 Å². The second-order valence-corrected chi connectivity index (χ2v) is 5.00. The number of alkyl halides is 3. The van der Waals surface area contributed by atoms with Gasteiger partial charge in [0, 0.05) is 20.6 Å². The van der Waals surface area contributed by atoms with E-state index < -0.39 is 18.5 Å². The fraction of sp³-hybridized carbons (Fsp3) is 0.455. The van der Waals surface area contributed by atoms with Crippen molar-refractivity contribution in [2.75, 3.05) is 31.3 Å². The molecule has 0 spiro atoms. The maximum atomic E-state index is 12.2. The molecule has 0 unspecified atom stereocenters. The number of amides is 1. The van der Waals surface area contributed by atoms with Gasteiger partial charge in [0.1, 0.15) is 21.5 Å². The minimum Gasteiger partial charge on any atom is -0.396 e. The normalized spacial score (nSPS) is 11.0. The maximum Gasteiger partial charge on any atom is 0.390 e. The summed E-state index contributed by atoms with van der Waals surface area (Å²) in [5, 5.41) is 11.7. The van der Waals surface area contributed by atoms with Crippen molar-refractivity contribution in [2.45, 2.75) is 12.6 Å². The Balaban J connectivity index is 3.06. The van der Waals surface area contributed by atoms with Crippen LogP contribution < -0.4 is 16.0 Å². The zero-order valence-corrected chi connectivity index (χ0v) is 11.7. The molecule has 20 heavy (non-hydrogen) atoms. The van der Waals surface area contributed by atoms with Crippen molar-refractivity contribution in [1.82, 2.24) is 5.32 Å². The molecule has 0 aliphatic rings. The van der Waals surface area contributed by atoms with Gasteiger partial charge in [0.25, 0.3) is 5.91 Å². The van der Waals surface area contributed by atoms with E-state index in [-0.39, 0.29) is 27.7 Å². The van der Waals surface area contributed by atoms with E-state index in [0.29, 0.717) is 0 Å². The summed E-state index contributed by atoms with van der Waals surface area (Å²) in [5.41, 5.74) is 5.71. The minimum absolute atomic E-state index is 0.00860. The van der Waals surface area contributed by atoms with Gasteiger partial charge in [-0.25, -0.2) is 0 Å². The van der Waals surface area contributed by atoms with E-state index in [2.05, 4.69) is 5.32 Å². The molecule has 1 heterocycles. The highest BCUT2D eigenvalue weighted by Gasteiger charge is 2.29. The summed E-state index contributed by atoms with van der Waals surface area (Å²) in [4.78, 5) is 13.0. The third-order valence-electron chi connectivity index (χ3n) is 2.55. The number of nitrogens with two attached hydrogens (primary N) is 1. The molecule has 0 saturated carbocycles. The number of hydrogen-bond donors (Lipinski definition) is 2. The van der Waals surface area contributed by atoms with Crippen LogP contribution in [0.25, 0.3) is 0 Å². The van der Waals surface area contributed by atoms with Gasteiger partial charge in [-0.05, 0) is 0 Å². The number of nitriles is 1. The topological polar surface area (TPSA) is 82.2 Å². The van der Waals surface area contributed by atoms with Crippen LogP contribution in [0.3, 0.4) is 0 Å². The van der Waals surface area contributed by atoms with Crippen molar-refractivity contribution in [3.05, 3.63) is 10.4 Å². The van der Waals surface area contributed by atoms with Gasteiger partial charge >= 0.3 is 6.18 Å². The van der Waals surface area contributed by atoms with E-state index in [1.165, 1.54) is 19.0 Å². The zero-order chi connectivity index (χ0) is 15.5. The van der Waals surface area contributed by atoms with Gasteiger partial charge in [-0.2, -0.15) is 18.4 Å². The molecular weight excluding hydrogens is 293 g/mol. The number of rotatable bonds is 4. The van der Waals surface area contributed by atoms with E-state index in [1.54, 1.807) is 0 Å². The van der Waals surface area contributed by atoms with Crippen LogP contribution in [-0.4, -0.2) is 32.7 Å². The first-order valence-electron chi connectivity index (χ1n) is 5.53. The highest BCUT2D eigenvalue weighted by molar-refractivity contribution is 7.19. The van der Waals surface area contributed by atoms with Gasteiger partial charge < -0.3 is 16.0 Å². The number of carbonyl (C=O) groups excluding carboxylic acids is 1. The van der Waals surface area contributed by atoms with Gasteiger partial charge in [-0.15, -0.1) is 11.3 Å². The summed E-state index contributed by atoms with van der Waals surface area (Å²) in [6.45, 7) is -0.314. The first-order valence-corrected chi connectivity index (χ1v) is 6.35. The van der Waals surface area contributed by atoms with E-state index in [4.69, 9.17) is 11.0 Å². The first-order chi connectivity index (χ1) is 9.21. The Morgan fingerprint density at radius 3 is 2.60 bits per heavy atom. The number of nitrogens with zero attached hydrogens (tertiary/aromatic N) is 2. The third kappa shape index (κ3) is 3.54. The lowest BCUT2D eigenvalue weighted by Gasteiger charge is -2.18. The van der Waals surface area contributed by atoms with Crippen molar-refractivity contribution < 1.29 is 18.0 Å². The van der Waals surface area contributed by atoms with Crippen LogP contribution in [0.15, 0.2) is 0 Å². The number of thiophene rings is 1. The largest absolute Gasteiger partial charge is 0.396 e. The van der Waals surface area contributed by atoms with E-state index in [9.17, 15) is 18.0 Å². The molecule has 1 aromatic rings. The summed E-state index contributed by atoms with van der Waals surface area (Å²) in [7, 11) is 2.83. The molecule has 0 fully saturated rings. The average Bonchev–Trinajstić information content (AvgIpc) is 2.71. The molecule has 0 saturated heterocycles. The maximum absolute atomic E-state index is 12.2. The van der Waals surface area contributed by atoms with Crippen molar-refractivity contribution in [2.24, 2.45) is 0 Å². The summed E-state index contributed by atoms with van der Waals surface area (Å²) in [6.07, 6.45) is -5.30. The summed E-state index contributed by atoms with van der Waals surface area (Å²) in [6, 6.07) is 1.82. The minimum atomic E-state index is -4.28. The Hall–Kier alpha value is -1.95. The number of nitrogens with one attached hydrogen (secondary N) is 1. The van der Waals surface area contributed by atoms with Crippen LogP contribution in [-0.2, 0) is 0 Å². The third-order valence-corrected chi connectivity index (χ3v) is 3.87. The van der Waals surface area contributed by atoms with Crippen molar-refractivity contribution >= 4 is 27.9 Å². The predicted octanol–water partition coefficient (Wildman–Crippen LogP) is 1.95. The van der Waals surface area contributed by atoms with Crippen LogP contribution in [0.2, 0.25) is 0 Å². The van der Waals surface area contributed by atoms with Gasteiger partial charge in [0.15, 0.2) is 0 Å². The number of anilines is 2. The second-order valence-electron chi connectivity index (χ2n) is 4.00. The first kappa shape index (κ1) is 16.1. The quantitative estimate of drug-likeness (QED) is 0.890. The van der Waals surface area contributed by atoms with Crippen LogP contribution in [0.5, 0.6) is 0 Å². The lowest BCUT2D eigenvalue weighted by molar-refractivity contribution is -0.132. The molecule has 0 aromatic carbocycles. The van der Waals surface area contributed by atoms with E-state index >= 15 is 0 Å².